The molecule has 0 aliphatic carbocycles. The van der Waals surface area contributed by atoms with Gasteiger partial charge in [0.05, 0.1) is 25.8 Å². The van der Waals surface area contributed by atoms with Crippen LogP contribution in [0.25, 0.3) is 5.76 Å². The van der Waals surface area contributed by atoms with E-state index in [1.165, 1.54) is 36.3 Å². The Morgan fingerprint density at radius 2 is 1.69 bits per heavy atom. The average molecular weight is 476 g/mol. The van der Waals surface area contributed by atoms with E-state index in [-0.39, 0.29) is 17.3 Å². The lowest BCUT2D eigenvalue weighted by molar-refractivity contribution is -0.132. The first-order chi connectivity index (χ1) is 16.8. The van der Waals surface area contributed by atoms with E-state index < -0.39 is 23.5 Å². The van der Waals surface area contributed by atoms with E-state index in [4.69, 9.17) is 9.47 Å². The third-order valence-electron chi connectivity index (χ3n) is 6.08. The summed E-state index contributed by atoms with van der Waals surface area (Å²) >= 11 is 0. The Kier molecular flexibility index (Phi) is 6.60. The Morgan fingerprint density at radius 3 is 2.31 bits per heavy atom. The van der Waals surface area contributed by atoms with Gasteiger partial charge in [0.15, 0.2) is 0 Å². The van der Waals surface area contributed by atoms with Crippen LogP contribution in [0.4, 0.5) is 10.1 Å². The fourth-order valence-electron chi connectivity index (χ4n) is 4.32. The molecule has 6 nitrogen and oxygen atoms in total. The summed E-state index contributed by atoms with van der Waals surface area (Å²) in [5, 5.41) is 11.4. The molecule has 1 fully saturated rings. The number of methoxy groups -OCH3 is 2. The van der Waals surface area contributed by atoms with Crippen LogP contribution in [0.5, 0.6) is 11.5 Å². The maximum atomic E-state index is 13.6. The monoisotopic (exact) mass is 475 g/mol. The first kappa shape index (κ1) is 24.0. The van der Waals surface area contributed by atoms with Gasteiger partial charge in [-0.15, -0.1) is 0 Å². The Bertz CT molecular complexity index is 1310. The number of carbonyl (C=O) groups excluding carboxylic acids is 2. The Balaban J connectivity index is 1.95. The molecule has 1 aliphatic heterocycles. The fraction of sp³-hybridized carbons (Fsp3) is 0.214. The summed E-state index contributed by atoms with van der Waals surface area (Å²) in [7, 11) is 3.08. The van der Waals surface area contributed by atoms with Gasteiger partial charge in [0.25, 0.3) is 11.7 Å². The molecule has 1 saturated heterocycles. The highest BCUT2D eigenvalue weighted by molar-refractivity contribution is 6.51. The van der Waals surface area contributed by atoms with E-state index in [1.807, 2.05) is 13.8 Å². The summed E-state index contributed by atoms with van der Waals surface area (Å²) in [5.41, 5.74) is 2.07. The molecule has 0 radical (unpaired) electrons. The molecule has 0 bridgehead atoms. The number of benzene rings is 3. The van der Waals surface area contributed by atoms with Gasteiger partial charge < -0.3 is 14.6 Å². The van der Waals surface area contributed by atoms with Gasteiger partial charge in [-0.25, -0.2) is 4.39 Å². The van der Waals surface area contributed by atoms with Crippen molar-refractivity contribution < 1.29 is 28.6 Å². The number of amides is 1. The lowest BCUT2D eigenvalue weighted by Gasteiger charge is -2.25. The summed E-state index contributed by atoms with van der Waals surface area (Å²) in [6.07, 6.45) is 0. The van der Waals surface area contributed by atoms with Crippen LogP contribution in [0.15, 0.2) is 72.3 Å². The topological polar surface area (TPSA) is 76.1 Å². The first-order valence-corrected chi connectivity index (χ1v) is 11.2. The zero-order chi connectivity index (χ0) is 25.3. The third kappa shape index (κ3) is 4.37. The van der Waals surface area contributed by atoms with E-state index in [9.17, 15) is 19.1 Å². The highest BCUT2D eigenvalue weighted by Crippen LogP contribution is 2.43. The number of carbonyl (C=O) groups is 2. The standard InChI is InChI=1S/C28H26FNO5/c1-16(2)22-15-18(8-13-23(22)35-4)26(31)24-25(17-6-5-7-21(14-17)34-3)30(28(33)27(24)32)20-11-9-19(29)10-12-20/h5-16,25,31H,1-4H3/b26-24-. The van der Waals surface area contributed by atoms with Crippen LogP contribution in [0.3, 0.4) is 0 Å². The minimum absolute atomic E-state index is 0.0625. The Hall–Kier alpha value is -4.13. The van der Waals surface area contributed by atoms with Crippen molar-refractivity contribution in [1.82, 2.24) is 0 Å². The molecule has 3 aromatic rings. The van der Waals surface area contributed by atoms with Crippen LogP contribution >= 0.6 is 0 Å². The Morgan fingerprint density at radius 1 is 0.971 bits per heavy atom. The molecule has 3 aromatic carbocycles. The quantitative estimate of drug-likeness (QED) is 0.286. The van der Waals surface area contributed by atoms with Crippen LogP contribution in [-0.4, -0.2) is 31.0 Å². The van der Waals surface area contributed by atoms with Crippen LogP contribution in [0.2, 0.25) is 0 Å². The van der Waals surface area contributed by atoms with Crippen molar-refractivity contribution in [2.75, 3.05) is 19.1 Å². The highest BCUT2D eigenvalue weighted by Gasteiger charge is 2.47. The normalized spacial score (nSPS) is 17.2. The predicted octanol–water partition coefficient (Wildman–Crippen LogP) is 5.59. The van der Waals surface area contributed by atoms with Gasteiger partial charge in [-0.05, 0) is 71.6 Å². The lowest BCUT2D eigenvalue weighted by Crippen LogP contribution is -2.29. The van der Waals surface area contributed by atoms with Crippen molar-refractivity contribution in [3.8, 4) is 11.5 Å². The van der Waals surface area contributed by atoms with E-state index in [0.29, 0.717) is 28.3 Å². The van der Waals surface area contributed by atoms with E-state index in [0.717, 1.165) is 5.56 Å². The molecule has 1 amide bonds. The maximum absolute atomic E-state index is 13.6. The molecule has 7 heteroatoms. The van der Waals surface area contributed by atoms with Gasteiger partial charge in [0.1, 0.15) is 23.1 Å². The molecule has 4 rings (SSSR count). The van der Waals surface area contributed by atoms with Crippen LogP contribution in [-0.2, 0) is 9.59 Å². The molecule has 1 atom stereocenters. The van der Waals surface area contributed by atoms with Crippen molar-refractivity contribution >= 4 is 23.1 Å². The van der Waals surface area contributed by atoms with Gasteiger partial charge in [0, 0.05) is 11.3 Å². The smallest absolute Gasteiger partial charge is 0.300 e. The Labute approximate surface area is 203 Å². The molecule has 1 unspecified atom stereocenters. The number of hydrogen-bond acceptors (Lipinski definition) is 5. The number of aliphatic hydroxyl groups is 1. The molecule has 0 saturated carbocycles. The second-order valence-electron chi connectivity index (χ2n) is 8.53. The van der Waals surface area contributed by atoms with E-state index in [2.05, 4.69) is 0 Å². The van der Waals surface area contributed by atoms with Gasteiger partial charge in [-0.1, -0.05) is 26.0 Å². The largest absolute Gasteiger partial charge is 0.507 e. The SMILES string of the molecule is COc1cccc(C2/C(=C(/O)c3ccc(OC)c(C(C)C)c3)C(=O)C(=O)N2c2ccc(F)cc2)c1. The van der Waals surface area contributed by atoms with E-state index >= 15 is 0 Å². The fourth-order valence-corrected chi connectivity index (χ4v) is 4.32. The molecular weight excluding hydrogens is 449 g/mol. The van der Waals surface area contributed by atoms with E-state index in [1.54, 1.807) is 49.6 Å². The summed E-state index contributed by atoms with van der Waals surface area (Å²) in [5.74, 6) is -1.14. The molecule has 1 heterocycles. The van der Waals surface area contributed by atoms with Crippen molar-refractivity contribution in [2.45, 2.75) is 25.8 Å². The number of anilines is 1. The van der Waals surface area contributed by atoms with Crippen LogP contribution in [0.1, 0.15) is 42.5 Å². The van der Waals surface area contributed by atoms with Crippen molar-refractivity contribution in [1.29, 1.82) is 0 Å². The molecule has 35 heavy (non-hydrogen) atoms. The zero-order valence-corrected chi connectivity index (χ0v) is 19.9. The summed E-state index contributed by atoms with van der Waals surface area (Å²) < 4.78 is 24.4. The van der Waals surface area contributed by atoms with Crippen molar-refractivity contribution in [2.24, 2.45) is 0 Å². The number of hydrogen-bond donors (Lipinski definition) is 1. The summed E-state index contributed by atoms with van der Waals surface area (Å²) in [6, 6.07) is 16.4. The van der Waals surface area contributed by atoms with Gasteiger partial charge in [-0.3, -0.25) is 14.5 Å². The number of ketones is 1. The second kappa shape index (κ2) is 9.62. The van der Waals surface area contributed by atoms with Crippen molar-refractivity contribution in [3.63, 3.8) is 0 Å². The number of nitrogens with zero attached hydrogens (tertiary/aromatic N) is 1. The minimum Gasteiger partial charge on any atom is -0.507 e. The summed E-state index contributed by atoms with van der Waals surface area (Å²) in [6.45, 7) is 3.98. The van der Waals surface area contributed by atoms with Gasteiger partial charge >= 0.3 is 0 Å². The van der Waals surface area contributed by atoms with Gasteiger partial charge in [0.2, 0.25) is 0 Å². The number of aliphatic hydroxyl groups excluding tert-OH is 1. The number of halogens is 1. The van der Waals surface area contributed by atoms with Crippen LogP contribution in [0, 0.1) is 5.82 Å². The number of Topliss-reactive ketones (excluding diaryl/α,β-unsaturated/α-hetero) is 1. The molecular formula is C28H26FNO5. The maximum Gasteiger partial charge on any atom is 0.300 e. The molecule has 180 valence electrons. The molecule has 0 aromatic heterocycles. The molecule has 0 spiro atoms. The highest BCUT2D eigenvalue weighted by atomic mass is 19.1. The minimum atomic E-state index is -0.944. The summed E-state index contributed by atoms with van der Waals surface area (Å²) in [4.78, 5) is 27.8. The number of rotatable bonds is 6. The van der Waals surface area contributed by atoms with Crippen molar-refractivity contribution in [3.05, 3.63) is 94.8 Å². The molecule has 1 N–H and O–H groups in total. The van der Waals surface area contributed by atoms with Crippen LogP contribution < -0.4 is 14.4 Å². The molecule has 1 aliphatic rings. The second-order valence-corrected chi connectivity index (χ2v) is 8.53. The number of ether oxygens (including phenoxy) is 2. The third-order valence-corrected chi connectivity index (χ3v) is 6.08. The first-order valence-electron chi connectivity index (χ1n) is 11.2. The average Bonchev–Trinajstić information content (AvgIpc) is 3.14. The lowest BCUT2D eigenvalue weighted by atomic mass is 9.93. The zero-order valence-electron chi connectivity index (χ0n) is 19.9. The predicted molar refractivity (Wildman–Crippen MR) is 131 cm³/mol. The van der Waals surface area contributed by atoms with Gasteiger partial charge in [-0.2, -0.15) is 0 Å².